The van der Waals surface area contributed by atoms with Gasteiger partial charge in [0.25, 0.3) is 5.91 Å². The molecule has 5 nitrogen and oxygen atoms in total. The molecule has 106 valence electrons. The molecule has 2 aliphatic rings. The largest absolute Gasteiger partial charge is 0.387 e. The lowest BCUT2D eigenvalue weighted by Crippen LogP contribution is -2.36. The number of carbonyl (C=O) groups excluding carboxylic acids is 2. The van der Waals surface area contributed by atoms with Crippen LogP contribution in [-0.2, 0) is 4.79 Å². The molecule has 0 spiro atoms. The Hall–Kier alpha value is -1.95. The number of β-amino-alcohol motifs (C(OH)–C–C–N with tert-alkyl or cyclic N) is 1. The van der Waals surface area contributed by atoms with Crippen LogP contribution in [0.3, 0.4) is 0 Å². The fourth-order valence-corrected chi connectivity index (χ4v) is 2.84. The lowest BCUT2D eigenvalue weighted by molar-refractivity contribution is -0.128. The van der Waals surface area contributed by atoms with Gasteiger partial charge in [-0.3, -0.25) is 9.69 Å². The van der Waals surface area contributed by atoms with Crippen LogP contribution in [0.5, 0.6) is 0 Å². The van der Waals surface area contributed by atoms with Gasteiger partial charge in [-0.15, -0.1) is 0 Å². The number of fused-ring (bicyclic) bond motifs is 1. The number of rotatable bonds is 3. The predicted octanol–water partition coefficient (Wildman–Crippen LogP) is 1.29. The fraction of sp³-hybridized carbons (Fsp3) is 0.429. The Labute approximate surface area is 115 Å². The maximum Gasteiger partial charge on any atom is 0.327 e. The number of benzene rings is 1. The van der Waals surface area contributed by atoms with Crippen molar-refractivity contribution in [3.63, 3.8) is 0 Å². The zero-order valence-electron chi connectivity index (χ0n) is 10.8. The van der Waals surface area contributed by atoms with E-state index in [9.17, 15) is 19.1 Å². The molecule has 0 radical (unpaired) electrons. The first-order chi connectivity index (χ1) is 9.58. The summed E-state index contributed by atoms with van der Waals surface area (Å²) >= 11 is 0. The zero-order valence-corrected chi connectivity index (χ0v) is 10.8. The average molecular weight is 278 g/mol. The van der Waals surface area contributed by atoms with E-state index in [1.54, 1.807) is 11.0 Å². The smallest absolute Gasteiger partial charge is 0.327 e. The molecule has 1 aromatic carbocycles. The maximum absolute atomic E-state index is 13.1. The first kappa shape index (κ1) is 13.1. The van der Waals surface area contributed by atoms with Gasteiger partial charge in [-0.2, -0.15) is 0 Å². The molecular formula is C14H15FN2O3. The molecule has 0 bridgehead atoms. The number of urea groups is 1. The van der Waals surface area contributed by atoms with E-state index in [1.165, 1.54) is 18.2 Å². The molecular weight excluding hydrogens is 263 g/mol. The molecule has 0 aliphatic carbocycles. The molecule has 3 amide bonds. The average Bonchev–Trinajstić information content (AvgIpc) is 2.99. The lowest BCUT2D eigenvalue weighted by atomic mass is 10.1. The van der Waals surface area contributed by atoms with Crippen molar-refractivity contribution in [2.24, 2.45) is 0 Å². The molecule has 2 fully saturated rings. The molecule has 1 N–H and O–H groups in total. The SMILES string of the molecule is O=C1[C@@H]2CCCN2C(=O)N1C[C@H](O)c1cccc(F)c1. The highest BCUT2D eigenvalue weighted by Gasteiger charge is 2.47. The van der Waals surface area contributed by atoms with Crippen molar-refractivity contribution in [3.05, 3.63) is 35.6 Å². The third-order valence-electron chi connectivity index (χ3n) is 3.87. The Morgan fingerprint density at radius 1 is 1.40 bits per heavy atom. The first-order valence-corrected chi connectivity index (χ1v) is 6.63. The molecule has 2 heterocycles. The number of hydrogen-bond donors (Lipinski definition) is 1. The van der Waals surface area contributed by atoms with E-state index >= 15 is 0 Å². The molecule has 2 atom stereocenters. The second-order valence-electron chi connectivity index (χ2n) is 5.15. The molecule has 20 heavy (non-hydrogen) atoms. The summed E-state index contributed by atoms with van der Waals surface area (Å²) in [6, 6.07) is 4.81. The summed E-state index contributed by atoms with van der Waals surface area (Å²) in [5.41, 5.74) is 0.359. The number of carbonyl (C=O) groups is 2. The van der Waals surface area contributed by atoms with Crippen LogP contribution in [0, 0.1) is 5.82 Å². The Bertz CT molecular complexity index is 541. The summed E-state index contributed by atoms with van der Waals surface area (Å²) < 4.78 is 13.1. The van der Waals surface area contributed by atoms with Gasteiger partial charge in [-0.1, -0.05) is 12.1 Å². The number of amides is 3. The van der Waals surface area contributed by atoms with E-state index < -0.39 is 11.9 Å². The molecule has 3 rings (SSSR count). The van der Waals surface area contributed by atoms with Crippen LogP contribution in [0.1, 0.15) is 24.5 Å². The highest BCUT2D eigenvalue weighted by atomic mass is 19.1. The standard InChI is InChI=1S/C14H15FN2O3/c15-10-4-1-3-9(7-10)12(18)8-17-13(19)11-5-2-6-16(11)14(17)20/h1,3-4,7,11-12,18H,2,5-6,8H2/t11-,12-/m0/s1. The van der Waals surface area contributed by atoms with Crippen molar-refractivity contribution < 1.29 is 19.1 Å². The monoisotopic (exact) mass is 278 g/mol. The van der Waals surface area contributed by atoms with Gasteiger partial charge < -0.3 is 10.0 Å². The van der Waals surface area contributed by atoms with Crippen LogP contribution in [0.4, 0.5) is 9.18 Å². The predicted molar refractivity (Wildman–Crippen MR) is 68.2 cm³/mol. The summed E-state index contributed by atoms with van der Waals surface area (Å²) in [5, 5.41) is 10.1. The van der Waals surface area contributed by atoms with Crippen molar-refractivity contribution in [1.29, 1.82) is 0 Å². The Kier molecular flexibility index (Phi) is 3.17. The van der Waals surface area contributed by atoms with Crippen LogP contribution < -0.4 is 0 Å². The minimum atomic E-state index is -1.07. The topological polar surface area (TPSA) is 60.9 Å². The number of aliphatic hydroxyl groups is 1. The van der Waals surface area contributed by atoms with E-state index in [4.69, 9.17) is 0 Å². The summed E-state index contributed by atoms with van der Waals surface area (Å²) in [4.78, 5) is 26.8. The highest BCUT2D eigenvalue weighted by molar-refractivity contribution is 6.04. The van der Waals surface area contributed by atoms with Gasteiger partial charge >= 0.3 is 6.03 Å². The summed E-state index contributed by atoms with van der Waals surface area (Å²) in [6.45, 7) is 0.454. The van der Waals surface area contributed by atoms with Crippen molar-refractivity contribution in [2.75, 3.05) is 13.1 Å². The van der Waals surface area contributed by atoms with Crippen LogP contribution in [-0.4, -0.2) is 46.0 Å². The van der Waals surface area contributed by atoms with Crippen LogP contribution in [0.15, 0.2) is 24.3 Å². The number of nitrogens with zero attached hydrogens (tertiary/aromatic N) is 2. The molecule has 6 heteroatoms. The molecule has 0 saturated carbocycles. The summed E-state index contributed by atoms with van der Waals surface area (Å²) in [7, 11) is 0. The number of imide groups is 1. The van der Waals surface area contributed by atoms with Crippen molar-refractivity contribution in [2.45, 2.75) is 25.0 Å². The first-order valence-electron chi connectivity index (χ1n) is 6.63. The van der Waals surface area contributed by atoms with Crippen molar-refractivity contribution in [1.82, 2.24) is 9.80 Å². The van der Waals surface area contributed by atoms with Crippen molar-refractivity contribution in [3.8, 4) is 0 Å². The minimum absolute atomic E-state index is 0.131. The quantitative estimate of drug-likeness (QED) is 0.847. The zero-order chi connectivity index (χ0) is 14.3. The molecule has 1 aromatic rings. The van der Waals surface area contributed by atoms with Gasteiger partial charge in [0.05, 0.1) is 12.6 Å². The van der Waals surface area contributed by atoms with Gasteiger partial charge in [-0.05, 0) is 30.5 Å². The van der Waals surface area contributed by atoms with E-state index in [0.29, 0.717) is 18.5 Å². The van der Waals surface area contributed by atoms with Gasteiger partial charge in [0.1, 0.15) is 11.9 Å². The van der Waals surface area contributed by atoms with Crippen LogP contribution in [0.25, 0.3) is 0 Å². The second-order valence-corrected chi connectivity index (χ2v) is 5.15. The van der Waals surface area contributed by atoms with Gasteiger partial charge in [0.15, 0.2) is 0 Å². The van der Waals surface area contributed by atoms with E-state index in [1.807, 2.05) is 0 Å². The number of aliphatic hydroxyl groups excluding tert-OH is 1. The highest BCUT2D eigenvalue weighted by Crippen LogP contribution is 2.28. The van der Waals surface area contributed by atoms with E-state index in [2.05, 4.69) is 0 Å². The molecule has 0 aromatic heterocycles. The third kappa shape index (κ3) is 2.06. The van der Waals surface area contributed by atoms with Gasteiger partial charge in [0.2, 0.25) is 0 Å². The van der Waals surface area contributed by atoms with E-state index in [-0.39, 0.29) is 24.5 Å². The second kappa shape index (κ2) is 4.86. The van der Waals surface area contributed by atoms with Gasteiger partial charge in [0, 0.05) is 6.54 Å². The minimum Gasteiger partial charge on any atom is -0.387 e. The molecule has 2 saturated heterocycles. The molecule has 0 unspecified atom stereocenters. The van der Waals surface area contributed by atoms with Gasteiger partial charge in [-0.25, -0.2) is 9.18 Å². The van der Waals surface area contributed by atoms with Crippen LogP contribution >= 0.6 is 0 Å². The molecule has 2 aliphatic heterocycles. The Morgan fingerprint density at radius 2 is 2.20 bits per heavy atom. The van der Waals surface area contributed by atoms with E-state index in [0.717, 1.165) is 11.3 Å². The van der Waals surface area contributed by atoms with Crippen LogP contribution in [0.2, 0.25) is 0 Å². The summed E-state index contributed by atoms with van der Waals surface area (Å²) in [5.74, 6) is -0.718. The number of hydrogen-bond acceptors (Lipinski definition) is 3. The fourth-order valence-electron chi connectivity index (χ4n) is 2.84. The number of halogens is 1. The Morgan fingerprint density at radius 3 is 2.90 bits per heavy atom. The Balaban J connectivity index is 1.75. The normalized spacial score (nSPS) is 23.4. The summed E-state index contributed by atoms with van der Waals surface area (Å²) in [6.07, 6.45) is 0.443. The van der Waals surface area contributed by atoms with Crippen molar-refractivity contribution >= 4 is 11.9 Å². The maximum atomic E-state index is 13.1. The third-order valence-corrected chi connectivity index (χ3v) is 3.87. The lowest BCUT2D eigenvalue weighted by Gasteiger charge is -2.19.